The predicted molar refractivity (Wildman–Crippen MR) is 36.3 cm³/mol. The summed E-state index contributed by atoms with van der Waals surface area (Å²) in [6.45, 7) is 3.37. The fourth-order valence-corrected chi connectivity index (χ4v) is 1.33. The van der Waals surface area contributed by atoms with Gasteiger partial charge in [0.05, 0.1) is 19.8 Å². The second-order valence-electron chi connectivity index (χ2n) is 2.73. The van der Waals surface area contributed by atoms with Crippen molar-refractivity contribution in [2.45, 2.75) is 0 Å². The lowest BCUT2D eigenvalue weighted by atomic mass is 10.1. The van der Waals surface area contributed by atoms with Crippen molar-refractivity contribution in [3.05, 3.63) is 12.2 Å². The molecule has 0 amide bonds. The van der Waals surface area contributed by atoms with Crippen molar-refractivity contribution in [3.63, 3.8) is 0 Å². The Bertz CT molecular complexity index is 149. The minimum absolute atomic E-state index is 0.0278. The molecule has 0 aliphatic heterocycles. The van der Waals surface area contributed by atoms with E-state index in [2.05, 4.69) is 6.58 Å². The summed E-state index contributed by atoms with van der Waals surface area (Å²) >= 11 is 0. The number of hydrogen-bond donors (Lipinski definition) is 3. The van der Waals surface area contributed by atoms with E-state index >= 15 is 0 Å². The summed E-state index contributed by atoms with van der Waals surface area (Å²) in [4.78, 5) is 0. The van der Waals surface area contributed by atoms with Gasteiger partial charge in [-0.05, 0) is 0 Å². The maximum Gasteiger partial charge on any atom is 0.0553 e. The lowest BCUT2D eigenvalue weighted by Crippen LogP contribution is -2.16. The number of hydrogen-bond acceptors (Lipinski definition) is 3. The van der Waals surface area contributed by atoms with Gasteiger partial charge in [0, 0.05) is 11.3 Å². The maximum atomic E-state index is 8.80. The largest absolute Gasteiger partial charge is 0.396 e. The van der Waals surface area contributed by atoms with Crippen LogP contribution in [0.25, 0.3) is 0 Å². The highest BCUT2D eigenvalue weighted by Gasteiger charge is 2.57. The van der Waals surface area contributed by atoms with Crippen LogP contribution >= 0.6 is 0 Å². The molecule has 0 saturated heterocycles. The molecule has 1 atom stereocenters. The van der Waals surface area contributed by atoms with Gasteiger partial charge in [0.1, 0.15) is 0 Å². The Balaban J connectivity index is 2.63. The number of aliphatic hydroxyl groups is 3. The molecule has 1 aliphatic rings. The molecule has 58 valence electrons. The molecule has 3 N–H and O–H groups in total. The van der Waals surface area contributed by atoms with Crippen LogP contribution in [0, 0.1) is 11.3 Å². The molecular weight excluding hydrogens is 132 g/mol. The Labute approximate surface area is 59.6 Å². The van der Waals surface area contributed by atoms with Crippen molar-refractivity contribution in [3.8, 4) is 0 Å². The quantitative estimate of drug-likeness (QED) is 0.451. The first-order chi connectivity index (χ1) is 4.72. The molecule has 0 radical (unpaired) electrons. The van der Waals surface area contributed by atoms with Crippen molar-refractivity contribution in [2.75, 3.05) is 19.8 Å². The highest BCUT2D eigenvalue weighted by molar-refractivity contribution is 5.36. The van der Waals surface area contributed by atoms with Crippen LogP contribution < -0.4 is 0 Å². The lowest BCUT2D eigenvalue weighted by Gasteiger charge is -2.06. The zero-order valence-corrected chi connectivity index (χ0v) is 5.75. The molecular formula is C7H12O3. The monoisotopic (exact) mass is 144 g/mol. The Morgan fingerprint density at radius 2 is 1.80 bits per heavy atom. The predicted octanol–water partition coefficient (Wildman–Crippen LogP) is -0.864. The Hall–Kier alpha value is -0.380. The average molecular weight is 144 g/mol. The Morgan fingerprint density at radius 1 is 1.30 bits per heavy atom. The first-order valence-corrected chi connectivity index (χ1v) is 3.24. The molecule has 1 unspecified atom stereocenters. The highest BCUT2D eigenvalue weighted by atomic mass is 16.3. The van der Waals surface area contributed by atoms with Crippen LogP contribution in [-0.4, -0.2) is 35.1 Å². The van der Waals surface area contributed by atoms with E-state index in [1.165, 1.54) is 0 Å². The van der Waals surface area contributed by atoms with Gasteiger partial charge in [0.15, 0.2) is 0 Å². The topological polar surface area (TPSA) is 60.7 Å². The summed E-state index contributed by atoms with van der Waals surface area (Å²) in [5, 5.41) is 26.3. The summed E-state index contributed by atoms with van der Waals surface area (Å²) in [6, 6.07) is 0. The van der Waals surface area contributed by atoms with Crippen molar-refractivity contribution in [1.29, 1.82) is 0 Å². The molecule has 0 bridgehead atoms. The van der Waals surface area contributed by atoms with E-state index < -0.39 is 5.41 Å². The van der Waals surface area contributed by atoms with Crippen LogP contribution in [0.5, 0.6) is 0 Å². The maximum absolute atomic E-state index is 8.80. The second-order valence-corrected chi connectivity index (χ2v) is 2.73. The van der Waals surface area contributed by atoms with Gasteiger partial charge in [-0.2, -0.15) is 0 Å². The first kappa shape index (κ1) is 7.72. The molecule has 1 rings (SSSR count). The van der Waals surface area contributed by atoms with Gasteiger partial charge >= 0.3 is 0 Å². The average Bonchev–Trinajstić information content (AvgIpc) is 2.56. The van der Waals surface area contributed by atoms with E-state index in [0.29, 0.717) is 0 Å². The van der Waals surface area contributed by atoms with E-state index in [9.17, 15) is 0 Å². The summed E-state index contributed by atoms with van der Waals surface area (Å²) in [5.74, 6) is -0.0949. The molecule has 1 fully saturated rings. The SMILES string of the molecule is C=C1C(CO)C1(CO)CO. The van der Waals surface area contributed by atoms with E-state index in [-0.39, 0.29) is 25.7 Å². The minimum atomic E-state index is -0.575. The molecule has 0 aromatic rings. The van der Waals surface area contributed by atoms with Crippen LogP contribution in [0.1, 0.15) is 0 Å². The second kappa shape index (κ2) is 2.34. The van der Waals surface area contributed by atoms with Crippen molar-refractivity contribution in [2.24, 2.45) is 11.3 Å². The van der Waals surface area contributed by atoms with E-state index in [1.807, 2.05) is 0 Å². The van der Waals surface area contributed by atoms with E-state index in [1.54, 1.807) is 0 Å². The van der Waals surface area contributed by atoms with Gasteiger partial charge < -0.3 is 15.3 Å². The molecule has 0 heterocycles. The Kier molecular flexibility index (Phi) is 1.81. The van der Waals surface area contributed by atoms with Crippen LogP contribution in [-0.2, 0) is 0 Å². The zero-order valence-electron chi connectivity index (χ0n) is 5.75. The smallest absolute Gasteiger partial charge is 0.0553 e. The fourth-order valence-electron chi connectivity index (χ4n) is 1.33. The highest BCUT2D eigenvalue weighted by Crippen LogP contribution is 2.56. The van der Waals surface area contributed by atoms with Gasteiger partial charge in [0.2, 0.25) is 0 Å². The fraction of sp³-hybridized carbons (Fsp3) is 0.714. The third-order valence-electron chi connectivity index (χ3n) is 2.39. The molecule has 10 heavy (non-hydrogen) atoms. The first-order valence-electron chi connectivity index (χ1n) is 3.24. The summed E-state index contributed by atoms with van der Waals surface area (Å²) in [7, 11) is 0. The van der Waals surface area contributed by atoms with Crippen LogP contribution in [0.3, 0.4) is 0 Å². The van der Waals surface area contributed by atoms with Crippen LogP contribution in [0.15, 0.2) is 12.2 Å². The van der Waals surface area contributed by atoms with Crippen molar-refractivity contribution in [1.82, 2.24) is 0 Å². The number of rotatable bonds is 3. The lowest BCUT2D eigenvalue weighted by molar-refractivity contribution is 0.112. The minimum Gasteiger partial charge on any atom is -0.396 e. The van der Waals surface area contributed by atoms with Crippen molar-refractivity contribution < 1.29 is 15.3 Å². The summed E-state index contributed by atoms with van der Waals surface area (Å²) in [6.07, 6.45) is 0. The van der Waals surface area contributed by atoms with Gasteiger partial charge in [-0.15, -0.1) is 0 Å². The molecule has 3 nitrogen and oxygen atoms in total. The molecule has 0 aromatic heterocycles. The molecule has 0 aromatic carbocycles. The van der Waals surface area contributed by atoms with E-state index in [0.717, 1.165) is 5.57 Å². The molecule has 3 heteroatoms. The van der Waals surface area contributed by atoms with Crippen LogP contribution in [0.4, 0.5) is 0 Å². The van der Waals surface area contributed by atoms with Gasteiger partial charge in [0.25, 0.3) is 0 Å². The molecule has 0 spiro atoms. The zero-order chi connectivity index (χ0) is 7.78. The summed E-state index contributed by atoms with van der Waals surface area (Å²) < 4.78 is 0. The summed E-state index contributed by atoms with van der Waals surface area (Å²) in [5.41, 5.74) is 0.189. The standard InChI is InChI=1S/C7H12O3/c1-5-6(2-8)7(5,3-9)4-10/h6,8-10H,1-4H2. The number of aliphatic hydroxyl groups excluding tert-OH is 3. The third kappa shape index (κ3) is 0.714. The normalized spacial score (nSPS) is 28.7. The Morgan fingerprint density at radius 3 is 1.90 bits per heavy atom. The van der Waals surface area contributed by atoms with Gasteiger partial charge in [-0.25, -0.2) is 0 Å². The van der Waals surface area contributed by atoms with Gasteiger partial charge in [-0.1, -0.05) is 12.2 Å². The molecule has 1 saturated carbocycles. The van der Waals surface area contributed by atoms with Crippen LogP contribution in [0.2, 0.25) is 0 Å². The van der Waals surface area contributed by atoms with E-state index in [4.69, 9.17) is 15.3 Å². The third-order valence-corrected chi connectivity index (χ3v) is 2.39. The van der Waals surface area contributed by atoms with Gasteiger partial charge in [-0.3, -0.25) is 0 Å². The molecule has 1 aliphatic carbocycles. The van der Waals surface area contributed by atoms with Crippen molar-refractivity contribution >= 4 is 0 Å².